The molecular formula is C25H32N2O2. The molecule has 2 atom stereocenters. The highest BCUT2D eigenvalue weighted by Crippen LogP contribution is 2.25. The molecule has 1 saturated carbocycles. The van der Waals surface area contributed by atoms with E-state index in [-0.39, 0.29) is 23.3 Å². The molecule has 1 aliphatic carbocycles. The summed E-state index contributed by atoms with van der Waals surface area (Å²) in [6.45, 7) is 8.64. The average Bonchev–Trinajstić information content (AvgIpc) is 2.69. The molecule has 0 radical (unpaired) electrons. The predicted molar refractivity (Wildman–Crippen MR) is 118 cm³/mol. The van der Waals surface area contributed by atoms with Crippen LogP contribution in [0.5, 0.6) is 0 Å². The smallest absolute Gasteiger partial charge is 0.255 e. The van der Waals surface area contributed by atoms with E-state index >= 15 is 0 Å². The first-order chi connectivity index (χ1) is 13.7. The van der Waals surface area contributed by atoms with E-state index in [4.69, 9.17) is 0 Å². The van der Waals surface area contributed by atoms with E-state index in [1.54, 1.807) is 24.3 Å². The Morgan fingerprint density at radius 1 is 0.897 bits per heavy atom. The minimum atomic E-state index is -0.177. The highest BCUT2D eigenvalue weighted by atomic mass is 16.2. The third-order valence-corrected chi connectivity index (χ3v) is 5.82. The molecule has 0 aromatic heterocycles. The van der Waals surface area contributed by atoms with Gasteiger partial charge in [0.05, 0.1) is 0 Å². The Kier molecular flexibility index (Phi) is 6.41. The van der Waals surface area contributed by atoms with Crippen molar-refractivity contribution in [3.05, 3.63) is 65.2 Å². The topological polar surface area (TPSA) is 58.2 Å². The highest BCUT2D eigenvalue weighted by Gasteiger charge is 2.23. The van der Waals surface area contributed by atoms with Crippen LogP contribution in [0.15, 0.2) is 48.5 Å². The molecule has 0 bridgehead atoms. The summed E-state index contributed by atoms with van der Waals surface area (Å²) in [5.74, 6) is 0.255. The van der Waals surface area contributed by atoms with Gasteiger partial charge in [-0.1, -0.05) is 58.7 Å². The fourth-order valence-electron chi connectivity index (χ4n) is 3.85. The minimum absolute atomic E-state index is 0.0481. The fraction of sp³-hybridized carbons (Fsp3) is 0.440. The van der Waals surface area contributed by atoms with E-state index in [0.29, 0.717) is 22.7 Å². The van der Waals surface area contributed by atoms with Crippen LogP contribution >= 0.6 is 0 Å². The van der Waals surface area contributed by atoms with E-state index < -0.39 is 0 Å². The van der Waals surface area contributed by atoms with E-state index in [0.717, 1.165) is 12.8 Å². The second-order valence-corrected chi connectivity index (χ2v) is 9.20. The first-order valence-corrected chi connectivity index (χ1v) is 10.6. The van der Waals surface area contributed by atoms with Crippen LogP contribution in [0.2, 0.25) is 0 Å². The summed E-state index contributed by atoms with van der Waals surface area (Å²) in [6.07, 6.45) is 4.61. The molecule has 2 unspecified atom stereocenters. The summed E-state index contributed by atoms with van der Waals surface area (Å²) in [4.78, 5) is 25.3. The lowest BCUT2D eigenvalue weighted by Crippen LogP contribution is -2.41. The summed E-state index contributed by atoms with van der Waals surface area (Å²) in [5.41, 5.74) is 3.03. The van der Waals surface area contributed by atoms with Crippen molar-refractivity contribution < 1.29 is 9.59 Å². The number of carbonyl (C=O) groups excluding carboxylic acids is 2. The number of hydrogen-bond acceptors (Lipinski definition) is 2. The van der Waals surface area contributed by atoms with Crippen LogP contribution in [0.25, 0.3) is 0 Å². The van der Waals surface area contributed by atoms with Crippen LogP contribution in [0.4, 0.5) is 5.69 Å². The molecule has 0 heterocycles. The molecule has 29 heavy (non-hydrogen) atoms. The van der Waals surface area contributed by atoms with Gasteiger partial charge < -0.3 is 10.6 Å². The van der Waals surface area contributed by atoms with Gasteiger partial charge in [0.2, 0.25) is 0 Å². The number of hydrogen-bond donors (Lipinski definition) is 2. The lowest BCUT2D eigenvalue weighted by Gasteiger charge is -2.29. The summed E-state index contributed by atoms with van der Waals surface area (Å²) in [7, 11) is 0. The quantitative estimate of drug-likeness (QED) is 0.717. The Bertz CT molecular complexity index is 865. The lowest BCUT2D eigenvalue weighted by molar-refractivity contribution is 0.0909. The maximum atomic E-state index is 12.7. The maximum Gasteiger partial charge on any atom is 0.255 e. The molecule has 2 aromatic rings. The molecule has 4 heteroatoms. The van der Waals surface area contributed by atoms with Crippen molar-refractivity contribution in [1.82, 2.24) is 5.32 Å². The van der Waals surface area contributed by atoms with Crippen molar-refractivity contribution in [2.24, 2.45) is 5.92 Å². The molecule has 2 aromatic carbocycles. The summed E-state index contributed by atoms with van der Waals surface area (Å²) in [6, 6.07) is 15.0. The molecule has 0 spiro atoms. The molecule has 0 aliphatic heterocycles. The van der Waals surface area contributed by atoms with Crippen LogP contribution in [0.3, 0.4) is 0 Å². The van der Waals surface area contributed by atoms with Crippen LogP contribution in [0, 0.1) is 5.92 Å². The fourth-order valence-corrected chi connectivity index (χ4v) is 3.85. The van der Waals surface area contributed by atoms with E-state index in [9.17, 15) is 9.59 Å². The Morgan fingerprint density at radius 2 is 1.59 bits per heavy atom. The summed E-state index contributed by atoms with van der Waals surface area (Å²) >= 11 is 0. The number of amides is 2. The number of rotatable bonds is 4. The van der Waals surface area contributed by atoms with Gasteiger partial charge in [-0.2, -0.15) is 0 Å². The van der Waals surface area contributed by atoms with Crippen LogP contribution in [-0.2, 0) is 5.41 Å². The second kappa shape index (κ2) is 8.81. The number of carbonyl (C=O) groups is 2. The molecule has 3 rings (SSSR count). The third kappa shape index (κ3) is 5.47. The SMILES string of the molecule is CC1CCCCC1NC(=O)c1cccc(NC(=O)c2ccc(C(C)(C)C)cc2)c1. The van der Waals surface area contributed by atoms with Crippen molar-refractivity contribution in [2.75, 3.05) is 5.32 Å². The standard InChI is InChI=1S/C25H32N2O2/c1-17-8-5-6-11-22(17)27-24(29)19-9-7-10-21(16-19)26-23(28)18-12-14-20(15-13-18)25(2,3)4/h7,9-10,12-17,22H,5-6,8,11H2,1-4H3,(H,26,28)(H,27,29). The Morgan fingerprint density at radius 3 is 2.24 bits per heavy atom. The minimum Gasteiger partial charge on any atom is -0.349 e. The van der Waals surface area contributed by atoms with Crippen LogP contribution in [0.1, 0.15) is 79.7 Å². The zero-order chi connectivity index (χ0) is 21.0. The van der Waals surface area contributed by atoms with E-state index in [1.807, 2.05) is 24.3 Å². The molecule has 1 fully saturated rings. The van der Waals surface area contributed by atoms with Gasteiger partial charge in [-0.15, -0.1) is 0 Å². The molecule has 4 nitrogen and oxygen atoms in total. The van der Waals surface area contributed by atoms with Gasteiger partial charge in [-0.25, -0.2) is 0 Å². The summed E-state index contributed by atoms with van der Waals surface area (Å²) < 4.78 is 0. The Labute approximate surface area is 174 Å². The van der Waals surface area contributed by atoms with Crippen molar-refractivity contribution in [3.63, 3.8) is 0 Å². The average molecular weight is 393 g/mol. The van der Waals surface area contributed by atoms with Crippen LogP contribution < -0.4 is 10.6 Å². The Hall–Kier alpha value is -2.62. The lowest BCUT2D eigenvalue weighted by atomic mass is 9.86. The normalized spacial score (nSPS) is 19.4. The van der Waals surface area contributed by atoms with Crippen molar-refractivity contribution in [1.29, 1.82) is 0 Å². The van der Waals surface area contributed by atoms with Crippen LogP contribution in [-0.4, -0.2) is 17.9 Å². The number of nitrogens with one attached hydrogen (secondary N) is 2. The van der Waals surface area contributed by atoms with E-state index in [1.165, 1.54) is 18.4 Å². The first-order valence-electron chi connectivity index (χ1n) is 10.6. The molecule has 2 N–H and O–H groups in total. The van der Waals surface area contributed by atoms with Crippen molar-refractivity contribution in [2.45, 2.75) is 64.8 Å². The van der Waals surface area contributed by atoms with Gasteiger partial charge in [0.15, 0.2) is 0 Å². The van der Waals surface area contributed by atoms with Crippen molar-refractivity contribution in [3.8, 4) is 0 Å². The molecule has 0 saturated heterocycles. The maximum absolute atomic E-state index is 12.7. The molecule has 2 amide bonds. The van der Waals surface area contributed by atoms with Gasteiger partial charge in [-0.3, -0.25) is 9.59 Å². The van der Waals surface area contributed by atoms with Gasteiger partial charge in [0.25, 0.3) is 11.8 Å². The van der Waals surface area contributed by atoms with Gasteiger partial charge in [0.1, 0.15) is 0 Å². The zero-order valence-corrected chi connectivity index (χ0v) is 17.9. The van der Waals surface area contributed by atoms with Gasteiger partial charge in [0, 0.05) is 22.9 Å². The van der Waals surface area contributed by atoms with Gasteiger partial charge in [-0.05, 0) is 60.1 Å². The number of benzene rings is 2. The second-order valence-electron chi connectivity index (χ2n) is 9.20. The molecule has 1 aliphatic rings. The molecule has 154 valence electrons. The monoisotopic (exact) mass is 392 g/mol. The van der Waals surface area contributed by atoms with Crippen molar-refractivity contribution >= 4 is 17.5 Å². The Balaban J connectivity index is 1.66. The highest BCUT2D eigenvalue weighted by molar-refractivity contribution is 6.05. The third-order valence-electron chi connectivity index (χ3n) is 5.82. The van der Waals surface area contributed by atoms with E-state index in [2.05, 4.69) is 38.3 Å². The predicted octanol–water partition coefficient (Wildman–Crippen LogP) is 5.54. The van der Waals surface area contributed by atoms with Gasteiger partial charge >= 0.3 is 0 Å². The molecular weight excluding hydrogens is 360 g/mol. The summed E-state index contributed by atoms with van der Waals surface area (Å²) in [5, 5.41) is 6.07. The first kappa shape index (κ1) is 21.1. The zero-order valence-electron chi connectivity index (χ0n) is 17.9. The number of anilines is 1. The largest absolute Gasteiger partial charge is 0.349 e.